The van der Waals surface area contributed by atoms with E-state index in [9.17, 15) is 52.7 Å². The van der Waals surface area contributed by atoms with E-state index < -0.39 is 40.8 Å². The van der Waals surface area contributed by atoms with Crippen molar-refractivity contribution in [1.82, 2.24) is 45.9 Å². The summed E-state index contributed by atoms with van der Waals surface area (Å²) in [5, 5.41) is 25.7. The Hall–Kier alpha value is -11.6. The molecule has 86 heavy (non-hydrogen) atoms. The number of hydrogen-bond donors (Lipinski definition) is 10. The Kier molecular flexibility index (Phi) is 16.6. The number of halogens is 1. The average Bonchev–Trinajstić information content (AvgIpc) is 1.85. The number of methoxy groups -OCH3 is 1. The molecule has 0 saturated carbocycles. The van der Waals surface area contributed by atoms with Crippen LogP contribution in [-0.2, 0) is 38.8 Å². The Morgan fingerprint density at radius 2 is 0.837 bits per heavy atom. The number of nitrogens with zero attached hydrogens (tertiary/aromatic N) is 3. The number of hydrogen-bond acceptors (Lipinski definition) is 18. The lowest BCUT2D eigenvalue weighted by Crippen LogP contribution is -2.28. The molecule has 434 valence electrons. The molecule has 3 aliphatic rings. The number of ether oxygens (including phenoxy) is 4. The van der Waals surface area contributed by atoms with Crippen molar-refractivity contribution in [2.24, 2.45) is 0 Å². The van der Waals surface area contributed by atoms with E-state index in [1.165, 1.54) is 43.5 Å². The van der Waals surface area contributed by atoms with Crippen LogP contribution in [0.1, 0.15) is 69.3 Å². The molecule has 0 radical (unpaired) electrons. The van der Waals surface area contributed by atoms with Crippen molar-refractivity contribution in [1.29, 1.82) is 0 Å². The molecule has 0 spiro atoms. The van der Waals surface area contributed by atoms with Gasteiger partial charge in [0, 0.05) is 24.1 Å². The number of aromatic nitrogens is 6. The Morgan fingerprint density at radius 3 is 1.21 bits per heavy atom. The highest BCUT2D eigenvalue weighted by Crippen LogP contribution is 2.31. The Balaban J connectivity index is 0.000000143. The molecule has 0 unspecified atom stereocenters. The fourth-order valence-corrected chi connectivity index (χ4v) is 8.97. The first-order valence-electron chi connectivity index (χ1n) is 25.5. The Bertz CT molecular complexity index is 4530. The van der Waals surface area contributed by atoms with Crippen molar-refractivity contribution in [3.8, 4) is 17.2 Å². The van der Waals surface area contributed by atoms with Gasteiger partial charge in [0.2, 0.25) is 0 Å². The number of rotatable bonds is 11. The van der Waals surface area contributed by atoms with Crippen molar-refractivity contribution < 1.29 is 62.4 Å². The summed E-state index contributed by atoms with van der Waals surface area (Å²) in [6, 6.07) is 28.7. The molecular weight excluding hydrogens is 1190 g/mol. The number of nitrogens with one attached hydrogen (secondary N) is 9. The van der Waals surface area contributed by atoms with Crippen LogP contribution in [0.15, 0.2) is 128 Å². The van der Waals surface area contributed by atoms with E-state index in [2.05, 4.69) is 82.5 Å². The van der Waals surface area contributed by atoms with Gasteiger partial charge in [0.25, 0.3) is 52.1 Å². The lowest BCUT2D eigenvalue weighted by Gasteiger charge is -2.18. The van der Waals surface area contributed by atoms with Crippen LogP contribution in [-0.4, -0.2) is 109 Å². The van der Waals surface area contributed by atoms with E-state index in [1.807, 2.05) is 0 Å². The van der Waals surface area contributed by atoms with Crippen LogP contribution in [0.2, 0.25) is 0 Å². The maximum atomic E-state index is 12.5. The molecule has 6 aromatic carbocycles. The number of esters is 1. The first-order chi connectivity index (χ1) is 41.3. The molecule has 12 rings (SSSR count). The number of carboxylic acid groups (broad SMARTS) is 1. The molecule has 0 saturated heterocycles. The molecule has 0 aliphatic carbocycles. The third-order valence-corrected chi connectivity index (χ3v) is 13.3. The van der Waals surface area contributed by atoms with E-state index in [0.717, 1.165) is 15.6 Å². The number of carboxylic acids is 1. The Labute approximate surface area is 489 Å². The molecule has 29 heteroatoms. The highest BCUT2D eigenvalue weighted by Gasteiger charge is 2.21. The second kappa shape index (κ2) is 24.8. The molecule has 0 atom stereocenters. The summed E-state index contributed by atoms with van der Waals surface area (Å²) in [4.78, 5) is 151. The smallest absolute Gasteiger partial charge is 0.337 e. The third kappa shape index (κ3) is 13.3. The number of aromatic carboxylic acids is 1. The van der Waals surface area contributed by atoms with Gasteiger partial charge < -0.3 is 70.9 Å². The number of H-pyrrole nitrogens is 3. The lowest BCUT2D eigenvalue weighted by molar-refractivity contribution is -0.119. The molecule has 0 fully saturated rings. The second-order valence-corrected chi connectivity index (χ2v) is 19.6. The molecule has 9 aromatic rings. The summed E-state index contributed by atoms with van der Waals surface area (Å²) in [7, 11) is 1.24. The van der Waals surface area contributed by atoms with Gasteiger partial charge >= 0.3 is 11.9 Å². The first-order valence-corrected chi connectivity index (χ1v) is 26.2. The summed E-state index contributed by atoms with van der Waals surface area (Å²) in [6.45, 7) is 0.376. The van der Waals surface area contributed by atoms with E-state index in [0.29, 0.717) is 50.8 Å². The molecular formula is C57H43BrN12O16. The van der Waals surface area contributed by atoms with E-state index in [-0.39, 0.29) is 113 Å². The average molecular weight is 1230 g/mol. The number of amides is 6. The van der Waals surface area contributed by atoms with Crippen LogP contribution in [0, 0.1) is 0 Å². The number of carbonyl (C=O) groups excluding carboxylic acids is 7. The van der Waals surface area contributed by atoms with Gasteiger partial charge in [-0.1, -0.05) is 34.1 Å². The number of anilines is 3. The zero-order valence-electron chi connectivity index (χ0n) is 44.4. The predicted molar refractivity (Wildman–Crippen MR) is 308 cm³/mol. The van der Waals surface area contributed by atoms with Crippen molar-refractivity contribution >= 4 is 113 Å². The fourth-order valence-electron chi connectivity index (χ4n) is 8.61. The van der Waals surface area contributed by atoms with Gasteiger partial charge in [-0.2, -0.15) is 0 Å². The minimum atomic E-state index is -1.17. The highest BCUT2D eigenvalue weighted by atomic mass is 79.9. The summed E-state index contributed by atoms with van der Waals surface area (Å²) in [6.07, 6.45) is 0. The monoisotopic (exact) mass is 1230 g/mol. The van der Waals surface area contributed by atoms with E-state index in [4.69, 9.17) is 19.3 Å². The lowest BCUT2D eigenvalue weighted by atomic mass is 10.1. The highest BCUT2D eigenvalue weighted by molar-refractivity contribution is 9.10. The molecule has 28 nitrogen and oxygen atoms in total. The van der Waals surface area contributed by atoms with Gasteiger partial charge in [-0.15, -0.1) is 0 Å². The topological polar surface area (TPSA) is 403 Å². The van der Waals surface area contributed by atoms with Crippen LogP contribution < -0.4 is 62.8 Å². The van der Waals surface area contributed by atoms with Gasteiger partial charge in [-0.3, -0.25) is 43.2 Å². The SMILES string of the molecule is COC(=O)c1ccc2nc(C(=O)NCc3ccc4c(c3)NC(=O)CO4)[nH]c(=O)c2c1.O=C1COc2ccc(CNC(=O)c3nc4ccc(Br)cc4c(=O)[nH]3)cc2N1.O=C1COc2ccc(CNC(=O)c3nc4ccc(C(=O)O)cc4c(=O)[nH]3)cc2N1. The van der Waals surface area contributed by atoms with Gasteiger partial charge in [0.15, 0.2) is 37.3 Å². The Morgan fingerprint density at radius 1 is 0.488 bits per heavy atom. The summed E-state index contributed by atoms with van der Waals surface area (Å²) >= 11 is 3.30. The minimum Gasteiger partial charge on any atom is -0.482 e. The van der Waals surface area contributed by atoms with Crippen molar-refractivity contribution in [3.63, 3.8) is 0 Å². The minimum absolute atomic E-state index is 0.0132. The summed E-state index contributed by atoms with van der Waals surface area (Å²) in [5.74, 6) is -2.92. The first kappa shape index (κ1) is 57.6. The van der Waals surface area contributed by atoms with Crippen LogP contribution in [0.3, 0.4) is 0 Å². The van der Waals surface area contributed by atoms with Crippen molar-refractivity contribution in [2.45, 2.75) is 19.6 Å². The fraction of sp³-hybridized carbons (Fsp3) is 0.123. The quantitative estimate of drug-likeness (QED) is 0.0823. The largest absolute Gasteiger partial charge is 0.482 e. The zero-order valence-corrected chi connectivity index (χ0v) is 46.0. The van der Waals surface area contributed by atoms with Crippen LogP contribution >= 0.6 is 15.9 Å². The predicted octanol–water partition coefficient (Wildman–Crippen LogP) is 3.80. The van der Waals surface area contributed by atoms with Crippen LogP contribution in [0.4, 0.5) is 17.1 Å². The summed E-state index contributed by atoms with van der Waals surface area (Å²) < 4.78 is 21.3. The van der Waals surface area contributed by atoms with Gasteiger partial charge in [-0.25, -0.2) is 24.5 Å². The van der Waals surface area contributed by atoms with E-state index >= 15 is 0 Å². The van der Waals surface area contributed by atoms with Crippen LogP contribution in [0.5, 0.6) is 17.2 Å². The van der Waals surface area contributed by atoms with Gasteiger partial charge in [0.1, 0.15) is 17.2 Å². The molecule has 3 aliphatic heterocycles. The molecule has 3 aromatic heterocycles. The number of benzene rings is 6. The van der Waals surface area contributed by atoms with Gasteiger partial charge in [0.05, 0.1) is 68.0 Å². The molecule has 10 N–H and O–H groups in total. The summed E-state index contributed by atoms with van der Waals surface area (Å²) in [5.41, 5.74) is 3.29. The van der Waals surface area contributed by atoms with E-state index in [1.54, 1.807) is 72.8 Å². The molecule has 6 amide bonds. The zero-order chi connectivity index (χ0) is 60.8. The van der Waals surface area contributed by atoms with Crippen molar-refractivity contribution in [2.75, 3.05) is 42.9 Å². The van der Waals surface area contributed by atoms with Crippen molar-refractivity contribution in [3.05, 3.63) is 190 Å². The standard InChI is InChI=1S/C20H16N4O6.C19H14N4O6.C18H13BrN4O4/c1-29-20(28)11-3-4-13-12(7-11)18(26)24-17(23-13)19(27)21-8-10-2-5-15-14(6-10)22-16(25)9-30-15;24-15-8-29-14-4-1-9(5-13(14)21-15)7-20-18(26)16-22-12-3-2-10(19(27)28)6-11(12)17(25)23-16;19-10-2-3-12-11(6-10)17(25)23-16(22-12)18(26)20-7-9-1-4-14-13(5-9)21-15(24)8-27-14/h2-7H,8-9H2,1H3,(H,21,27)(H,22,25)(H,23,24,26);1-6H,7-8H2,(H,20,26)(H,21,24)(H,27,28)(H,22,23,25);1-6H,7-8H2,(H,20,26)(H,21,24)(H,22,23,25). The number of carbonyl (C=O) groups is 8. The number of fused-ring (bicyclic) bond motifs is 6. The normalized spacial score (nSPS) is 12.7. The van der Waals surface area contributed by atoms with Gasteiger partial charge in [-0.05, 0) is 108 Å². The number of aromatic amines is 3. The maximum absolute atomic E-state index is 12.5. The second-order valence-electron chi connectivity index (χ2n) is 18.7. The molecule has 0 bridgehead atoms. The molecule has 6 heterocycles. The third-order valence-electron chi connectivity index (χ3n) is 12.8. The van der Waals surface area contributed by atoms with Crippen LogP contribution in [0.25, 0.3) is 32.7 Å². The maximum Gasteiger partial charge on any atom is 0.337 e.